The van der Waals surface area contributed by atoms with Crippen LogP contribution in [0.1, 0.15) is 0 Å². The summed E-state index contributed by atoms with van der Waals surface area (Å²) in [7, 11) is -4.44. The summed E-state index contributed by atoms with van der Waals surface area (Å²) in [5, 5.41) is 19.1. The molecule has 0 aliphatic heterocycles. The van der Waals surface area contributed by atoms with Gasteiger partial charge in [-0.05, 0) is 23.6 Å². The predicted molar refractivity (Wildman–Crippen MR) is 57.1 cm³/mol. The fourth-order valence-corrected chi connectivity index (χ4v) is 2.23. The minimum atomic E-state index is -4.44. The Balaban J connectivity index is 2.96. The van der Waals surface area contributed by atoms with Gasteiger partial charge in [-0.15, -0.1) is 0 Å². The molecule has 2 aromatic carbocycles. The Morgan fingerprint density at radius 3 is 2.25 bits per heavy atom. The zero-order valence-corrected chi connectivity index (χ0v) is 8.77. The second kappa shape index (κ2) is 3.36. The number of aromatic hydroxyl groups is 2. The lowest BCUT2D eigenvalue weighted by Gasteiger charge is -2.05. The smallest absolute Gasteiger partial charge is 0.295 e. The van der Waals surface area contributed by atoms with Crippen molar-refractivity contribution in [3.05, 3.63) is 30.3 Å². The molecule has 2 rings (SSSR count). The monoisotopic (exact) mass is 240 g/mol. The molecule has 0 saturated carbocycles. The average Bonchev–Trinajstić information content (AvgIpc) is 2.16. The summed E-state index contributed by atoms with van der Waals surface area (Å²) in [6, 6.07) is 6.27. The molecule has 84 valence electrons. The molecule has 0 fully saturated rings. The molecule has 0 atom stereocenters. The van der Waals surface area contributed by atoms with E-state index in [9.17, 15) is 18.6 Å². The maximum atomic E-state index is 11.1. The van der Waals surface area contributed by atoms with Crippen LogP contribution < -0.4 is 0 Å². The Hall–Kier alpha value is -1.79. The van der Waals surface area contributed by atoms with E-state index in [1.165, 1.54) is 24.3 Å². The van der Waals surface area contributed by atoms with E-state index >= 15 is 0 Å². The van der Waals surface area contributed by atoms with Crippen molar-refractivity contribution < 1.29 is 23.2 Å². The lowest BCUT2D eigenvalue weighted by Crippen LogP contribution is -1.98. The number of phenolic OH excluding ortho intramolecular Hbond substituents is 2. The van der Waals surface area contributed by atoms with Gasteiger partial charge in [-0.2, -0.15) is 8.42 Å². The van der Waals surface area contributed by atoms with E-state index in [1.54, 1.807) is 0 Å². The van der Waals surface area contributed by atoms with E-state index in [2.05, 4.69) is 0 Å². The molecule has 6 heteroatoms. The van der Waals surface area contributed by atoms with Crippen LogP contribution >= 0.6 is 0 Å². The molecule has 0 unspecified atom stereocenters. The maximum absolute atomic E-state index is 11.1. The minimum Gasteiger partial charge on any atom is -0.508 e. The fourth-order valence-electron chi connectivity index (χ4n) is 1.51. The average molecular weight is 240 g/mol. The van der Waals surface area contributed by atoms with Gasteiger partial charge in [0, 0.05) is 11.5 Å². The second-order valence-corrected chi connectivity index (χ2v) is 4.71. The molecular formula is C10H8O5S. The quantitative estimate of drug-likeness (QED) is 0.656. The van der Waals surface area contributed by atoms with Gasteiger partial charge in [0.1, 0.15) is 16.4 Å². The van der Waals surface area contributed by atoms with E-state index in [0.29, 0.717) is 5.39 Å². The largest absolute Gasteiger partial charge is 0.508 e. The van der Waals surface area contributed by atoms with E-state index in [-0.39, 0.29) is 16.9 Å². The van der Waals surface area contributed by atoms with Crippen molar-refractivity contribution in [2.24, 2.45) is 0 Å². The molecule has 0 heterocycles. The Kier molecular flexibility index (Phi) is 2.25. The highest BCUT2D eigenvalue weighted by Crippen LogP contribution is 2.30. The van der Waals surface area contributed by atoms with Crippen molar-refractivity contribution in [2.45, 2.75) is 4.90 Å². The van der Waals surface area contributed by atoms with Crippen LogP contribution in [0.4, 0.5) is 0 Å². The van der Waals surface area contributed by atoms with E-state index < -0.39 is 15.0 Å². The molecule has 0 bridgehead atoms. The van der Waals surface area contributed by atoms with Gasteiger partial charge in [0.25, 0.3) is 10.1 Å². The topological polar surface area (TPSA) is 94.8 Å². The van der Waals surface area contributed by atoms with Gasteiger partial charge < -0.3 is 10.2 Å². The van der Waals surface area contributed by atoms with Gasteiger partial charge in [0.05, 0.1) is 0 Å². The van der Waals surface area contributed by atoms with Crippen molar-refractivity contribution in [3.8, 4) is 11.5 Å². The summed E-state index contributed by atoms with van der Waals surface area (Å²) >= 11 is 0. The van der Waals surface area contributed by atoms with Crippen molar-refractivity contribution in [3.63, 3.8) is 0 Å². The van der Waals surface area contributed by atoms with Gasteiger partial charge in [0.15, 0.2) is 0 Å². The van der Waals surface area contributed by atoms with Crippen LogP contribution in [0.5, 0.6) is 11.5 Å². The van der Waals surface area contributed by atoms with Crippen LogP contribution in [0, 0.1) is 0 Å². The Morgan fingerprint density at radius 1 is 0.938 bits per heavy atom. The predicted octanol–water partition coefficient (Wildman–Crippen LogP) is 1.50. The van der Waals surface area contributed by atoms with Crippen LogP contribution in [0.2, 0.25) is 0 Å². The van der Waals surface area contributed by atoms with Crippen molar-refractivity contribution >= 4 is 20.9 Å². The first-order valence-electron chi connectivity index (χ1n) is 4.31. The van der Waals surface area contributed by atoms with Crippen molar-refractivity contribution in [2.75, 3.05) is 0 Å². The highest BCUT2D eigenvalue weighted by molar-refractivity contribution is 7.86. The number of phenols is 2. The highest BCUT2D eigenvalue weighted by atomic mass is 32.2. The van der Waals surface area contributed by atoms with E-state index in [4.69, 9.17) is 4.55 Å². The molecule has 0 spiro atoms. The lowest BCUT2D eigenvalue weighted by atomic mass is 10.1. The lowest BCUT2D eigenvalue weighted by molar-refractivity contribution is 0.467. The molecule has 0 saturated heterocycles. The third-order valence-corrected chi connectivity index (χ3v) is 3.06. The van der Waals surface area contributed by atoms with Gasteiger partial charge in [-0.1, -0.05) is 6.07 Å². The van der Waals surface area contributed by atoms with Gasteiger partial charge in [-0.3, -0.25) is 4.55 Å². The molecule has 5 nitrogen and oxygen atoms in total. The first-order chi connectivity index (χ1) is 7.38. The van der Waals surface area contributed by atoms with Gasteiger partial charge in [0.2, 0.25) is 0 Å². The normalized spacial score (nSPS) is 11.8. The number of rotatable bonds is 1. The third-order valence-electron chi connectivity index (χ3n) is 2.16. The summed E-state index contributed by atoms with van der Waals surface area (Å²) < 4.78 is 31.1. The summed E-state index contributed by atoms with van der Waals surface area (Å²) in [5.74, 6) is -0.395. The molecule has 0 aliphatic rings. The molecule has 3 N–H and O–H groups in total. The third kappa shape index (κ3) is 1.80. The molecule has 0 radical (unpaired) electrons. The Labute approximate surface area is 91.3 Å². The standard InChI is InChI=1S/C10H8O5S/c11-7-2-1-6-3-8(12)5-10(9(6)4-7)16(13,14)15/h1-5,11-12H,(H,13,14,15). The first-order valence-corrected chi connectivity index (χ1v) is 5.75. The first kappa shape index (κ1) is 10.7. The zero-order chi connectivity index (χ0) is 11.9. The van der Waals surface area contributed by atoms with Crippen LogP contribution in [-0.4, -0.2) is 23.2 Å². The molecule has 16 heavy (non-hydrogen) atoms. The van der Waals surface area contributed by atoms with Crippen LogP contribution in [0.3, 0.4) is 0 Å². The number of hydrogen-bond donors (Lipinski definition) is 3. The summed E-state index contributed by atoms with van der Waals surface area (Å²) in [4.78, 5) is -0.432. The van der Waals surface area contributed by atoms with Crippen LogP contribution in [0.25, 0.3) is 10.8 Å². The minimum absolute atomic E-state index is 0.122. The maximum Gasteiger partial charge on any atom is 0.295 e. The van der Waals surface area contributed by atoms with Crippen LogP contribution in [0.15, 0.2) is 35.2 Å². The van der Waals surface area contributed by atoms with E-state index in [0.717, 1.165) is 6.07 Å². The Morgan fingerprint density at radius 2 is 1.62 bits per heavy atom. The number of benzene rings is 2. The number of fused-ring (bicyclic) bond motifs is 1. The molecule has 0 aliphatic carbocycles. The molecule has 0 amide bonds. The fraction of sp³-hybridized carbons (Fsp3) is 0. The van der Waals surface area contributed by atoms with E-state index in [1.807, 2.05) is 0 Å². The number of hydrogen-bond acceptors (Lipinski definition) is 4. The SMILES string of the molecule is O=S(=O)(O)c1cc(O)cc2ccc(O)cc12. The van der Waals surface area contributed by atoms with Gasteiger partial charge >= 0.3 is 0 Å². The van der Waals surface area contributed by atoms with Crippen molar-refractivity contribution in [1.29, 1.82) is 0 Å². The summed E-state index contributed by atoms with van der Waals surface area (Å²) in [5.41, 5.74) is 0. The van der Waals surface area contributed by atoms with Gasteiger partial charge in [-0.25, -0.2) is 0 Å². The van der Waals surface area contributed by atoms with Crippen LogP contribution in [-0.2, 0) is 10.1 Å². The van der Waals surface area contributed by atoms with Crippen molar-refractivity contribution in [1.82, 2.24) is 0 Å². The summed E-state index contributed by atoms with van der Waals surface area (Å²) in [6.07, 6.45) is 0. The second-order valence-electron chi connectivity index (χ2n) is 3.32. The molecular weight excluding hydrogens is 232 g/mol. The summed E-state index contributed by atoms with van der Waals surface area (Å²) in [6.45, 7) is 0. The Bertz CT molecular complexity index is 660. The molecule has 2 aromatic rings. The zero-order valence-electron chi connectivity index (χ0n) is 7.95. The highest BCUT2D eigenvalue weighted by Gasteiger charge is 2.15. The molecule has 0 aromatic heterocycles.